The quantitative estimate of drug-likeness (QED) is 0.628. The van der Waals surface area contributed by atoms with Crippen molar-refractivity contribution >= 4 is 16.0 Å². The van der Waals surface area contributed by atoms with Crippen LogP contribution in [0.15, 0.2) is 0 Å². The first-order chi connectivity index (χ1) is 10.0. The molecule has 0 radical (unpaired) electrons. The van der Waals surface area contributed by atoms with E-state index in [0.29, 0.717) is 19.4 Å². The van der Waals surface area contributed by atoms with Crippen molar-refractivity contribution in [2.75, 3.05) is 23.6 Å². The molecule has 0 saturated carbocycles. The Bertz CT molecular complexity index is 533. The molecule has 21 heavy (non-hydrogen) atoms. The maximum atomic E-state index is 11.9. The second-order valence-electron chi connectivity index (χ2n) is 4.76. The highest BCUT2D eigenvalue weighted by Crippen LogP contribution is 2.08. The maximum absolute atomic E-state index is 11.9. The van der Waals surface area contributed by atoms with E-state index in [9.17, 15) is 8.42 Å². The Balaban J connectivity index is 2.58. The molecule has 8 heteroatoms. The molecule has 120 valence electrons. The number of aryl methyl sites for hydroxylation is 2. The topological polar surface area (TPSA) is 96.9 Å². The highest BCUT2D eigenvalue weighted by atomic mass is 32.2. The van der Waals surface area contributed by atoms with Crippen LogP contribution in [0, 0.1) is 0 Å². The van der Waals surface area contributed by atoms with E-state index in [1.54, 1.807) is 0 Å². The summed E-state index contributed by atoms with van der Waals surface area (Å²) in [5.74, 6) is 0.106. The van der Waals surface area contributed by atoms with E-state index in [1.165, 1.54) is 0 Å². The number of rotatable bonds is 10. The zero-order valence-electron chi connectivity index (χ0n) is 13.0. The molecule has 0 amide bonds. The Kier molecular flexibility index (Phi) is 7.52. The summed E-state index contributed by atoms with van der Waals surface area (Å²) in [4.78, 5) is 4.23. The highest BCUT2D eigenvalue weighted by Gasteiger charge is 2.14. The molecule has 1 aromatic heterocycles. The van der Waals surface area contributed by atoms with E-state index in [-0.39, 0.29) is 11.7 Å². The van der Waals surface area contributed by atoms with E-state index >= 15 is 0 Å². The molecular formula is C13H25N5O2S. The first kappa shape index (κ1) is 17.8. The Morgan fingerprint density at radius 1 is 1.00 bits per heavy atom. The van der Waals surface area contributed by atoms with E-state index in [0.717, 1.165) is 30.8 Å². The average Bonchev–Trinajstić information content (AvgIpc) is 2.46. The van der Waals surface area contributed by atoms with E-state index in [4.69, 9.17) is 0 Å². The van der Waals surface area contributed by atoms with E-state index in [1.807, 2.05) is 13.8 Å². The van der Waals surface area contributed by atoms with E-state index in [2.05, 4.69) is 32.1 Å². The van der Waals surface area contributed by atoms with Crippen molar-refractivity contribution in [2.24, 2.45) is 0 Å². The molecule has 0 fully saturated rings. The van der Waals surface area contributed by atoms with E-state index < -0.39 is 10.0 Å². The predicted molar refractivity (Wildman–Crippen MR) is 83.8 cm³/mol. The minimum atomic E-state index is -3.42. The first-order valence-electron chi connectivity index (χ1n) is 7.46. The van der Waals surface area contributed by atoms with Crippen molar-refractivity contribution in [2.45, 2.75) is 46.5 Å². The van der Waals surface area contributed by atoms with Crippen LogP contribution in [0.3, 0.4) is 0 Å². The Morgan fingerprint density at radius 2 is 1.71 bits per heavy atom. The van der Waals surface area contributed by atoms with Gasteiger partial charge in [0.05, 0.1) is 17.1 Å². The molecule has 1 aromatic rings. The Labute approximate surface area is 127 Å². The first-order valence-corrected chi connectivity index (χ1v) is 9.11. The summed E-state index contributed by atoms with van der Waals surface area (Å²) in [5, 5.41) is 11.0. The molecular weight excluding hydrogens is 290 g/mol. The van der Waals surface area contributed by atoms with Crippen LogP contribution in [0.1, 0.15) is 45.0 Å². The third-order valence-electron chi connectivity index (χ3n) is 2.95. The SMILES string of the molecule is CCCNCCCS(=O)(=O)Nc1nnc(CC)c(CC)n1. The van der Waals surface area contributed by atoms with Crippen molar-refractivity contribution in [3.63, 3.8) is 0 Å². The summed E-state index contributed by atoms with van der Waals surface area (Å²) in [6.45, 7) is 7.58. The number of sulfonamides is 1. The molecule has 0 aliphatic rings. The van der Waals surface area contributed by atoms with Crippen LogP contribution in [0.5, 0.6) is 0 Å². The molecule has 0 saturated heterocycles. The summed E-state index contributed by atoms with van der Waals surface area (Å²) in [5.41, 5.74) is 1.60. The summed E-state index contributed by atoms with van der Waals surface area (Å²) < 4.78 is 26.3. The zero-order valence-corrected chi connectivity index (χ0v) is 13.8. The average molecular weight is 315 g/mol. The van der Waals surface area contributed by atoms with Gasteiger partial charge in [0.25, 0.3) is 5.95 Å². The maximum Gasteiger partial charge on any atom is 0.256 e. The van der Waals surface area contributed by atoms with Gasteiger partial charge in [-0.25, -0.2) is 18.1 Å². The lowest BCUT2D eigenvalue weighted by Gasteiger charge is -2.09. The van der Waals surface area contributed by atoms with Gasteiger partial charge in [0.1, 0.15) is 0 Å². The number of aromatic nitrogens is 3. The third-order valence-corrected chi connectivity index (χ3v) is 4.27. The second-order valence-corrected chi connectivity index (χ2v) is 6.60. The van der Waals surface area contributed by atoms with Crippen LogP contribution in [0.4, 0.5) is 5.95 Å². The molecule has 7 nitrogen and oxygen atoms in total. The fraction of sp³-hybridized carbons (Fsp3) is 0.769. The molecule has 2 N–H and O–H groups in total. The van der Waals surface area contributed by atoms with Crippen LogP contribution < -0.4 is 10.0 Å². The van der Waals surface area contributed by atoms with Gasteiger partial charge in [-0.05, 0) is 38.8 Å². The van der Waals surface area contributed by atoms with Gasteiger partial charge in [-0.15, -0.1) is 10.2 Å². The van der Waals surface area contributed by atoms with Gasteiger partial charge in [0, 0.05) is 0 Å². The largest absolute Gasteiger partial charge is 0.317 e. The standard InChI is InChI=1S/C13H25N5O2S/c1-4-8-14-9-7-10-21(19,20)18-13-15-11(5-2)12(6-3)16-17-13/h14H,4-10H2,1-3H3,(H,15,17,18). The fourth-order valence-corrected chi connectivity index (χ4v) is 2.85. The second kappa shape index (κ2) is 8.89. The van der Waals surface area contributed by atoms with Crippen molar-refractivity contribution in [1.29, 1.82) is 0 Å². The highest BCUT2D eigenvalue weighted by molar-refractivity contribution is 7.92. The number of anilines is 1. The molecule has 0 aliphatic carbocycles. The summed E-state index contributed by atoms with van der Waals surface area (Å²) in [6, 6.07) is 0. The molecule has 1 heterocycles. The molecule has 0 bridgehead atoms. The number of hydrogen-bond acceptors (Lipinski definition) is 6. The lowest BCUT2D eigenvalue weighted by atomic mass is 10.2. The zero-order chi connectivity index (χ0) is 15.7. The van der Waals surface area contributed by atoms with Crippen LogP contribution in [0.2, 0.25) is 0 Å². The molecule has 0 aromatic carbocycles. The van der Waals surface area contributed by atoms with Gasteiger partial charge < -0.3 is 5.32 Å². The van der Waals surface area contributed by atoms with Crippen molar-refractivity contribution in [1.82, 2.24) is 20.5 Å². The van der Waals surface area contributed by atoms with Crippen LogP contribution in [-0.4, -0.2) is 42.4 Å². The monoisotopic (exact) mass is 315 g/mol. The lowest BCUT2D eigenvalue weighted by Crippen LogP contribution is -2.23. The molecule has 0 spiro atoms. The number of nitrogens with zero attached hydrogens (tertiary/aromatic N) is 3. The van der Waals surface area contributed by atoms with Gasteiger partial charge in [-0.2, -0.15) is 0 Å². The predicted octanol–water partition coefficient (Wildman–Crippen LogP) is 1.13. The van der Waals surface area contributed by atoms with Crippen molar-refractivity contribution in [3.8, 4) is 0 Å². The molecule has 1 rings (SSSR count). The molecule has 0 unspecified atom stereocenters. The summed E-state index contributed by atoms with van der Waals surface area (Å²) in [7, 11) is -3.42. The van der Waals surface area contributed by atoms with Crippen LogP contribution in [-0.2, 0) is 22.9 Å². The van der Waals surface area contributed by atoms with Gasteiger partial charge >= 0.3 is 0 Å². The van der Waals surface area contributed by atoms with Crippen LogP contribution >= 0.6 is 0 Å². The minimum absolute atomic E-state index is 0.0457. The number of nitrogens with one attached hydrogen (secondary N) is 2. The van der Waals surface area contributed by atoms with Gasteiger partial charge in [0.2, 0.25) is 10.0 Å². The summed E-state index contributed by atoms with van der Waals surface area (Å²) in [6.07, 6.45) is 3.03. The van der Waals surface area contributed by atoms with Gasteiger partial charge in [-0.3, -0.25) is 0 Å². The summed E-state index contributed by atoms with van der Waals surface area (Å²) >= 11 is 0. The molecule has 0 atom stereocenters. The van der Waals surface area contributed by atoms with Crippen LogP contribution in [0.25, 0.3) is 0 Å². The smallest absolute Gasteiger partial charge is 0.256 e. The van der Waals surface area contributed by atoms with Gasteiger partial charge in [0.15, 0.2) is 0 Å². The fourth-order valence-electron chi connectivity index (χ4n) is 1.86. The number of hydrogen-bond donors (Lipinski definition) is 2. The normalized spacial score (nSPS) is 11.6. The van der Waals surface area contributed by atoms with Gasteiger partial charge in [-0.1, -0.05) is 20.8 Å². The Hall–Kier alpha value is -1.28. The minimum Gasteiger partial charge on any atom is -0.317 e. The molecule has 0 aliphatic heterocycles. The van der Waals surface area contributed by atoms with Crippen molar-refractivity contribution < 1.29 is 8.42 Å². The van der Waals surface area contributed by atoms with Crippen molar-refractivity contribution in [3.05, 3.63) is 11.4 Å². The Morgan fingerprint density at radius 3 is 2.33 bits per heavy atom. The third kappa shape index (κ3) is 6.34. The lowest BCUT2D eigenvalue weighted by molar-refractivity contribution is 0.592.